The molecule has 0 spiro atoms. The molecule has 31 heavy (non-hydrogen) atoms. The summed E-state index contributed by atoms with van der Waals surface area (Å²) < 4.78 is 17.9. The Balaban J connectivity index is 1.57. The van der Waals surface area contributed by atoms with Gasteiger partial charge in [0.2, 0.25) is 0 Å². The molecule has 0 radical (unpaired) electrons. The van der Waals surface area contributed by atoms with Gasteiger partial charge in [-0.15, -0.1) is 0 Å². The van der Waals surface area contributed by atoms with Crippen molar-refractivity contribution >= 4 is 40.3 Å². The lowest BCUT2D eigenvalue weighted by Crippen LogP contribution is -2.27. The van der Waals surface area contributed by atoms with E-state index in [-0.39, 0.29) is 5.91 Å². The zero-order valence-corrected chi connectivity index (χ0v) is 19.9. The SMILES string of the molecule is CCN1C(=O)/C(=C/c2ccc(OCCCOc3c(C)cccc3C)c(OC)c2)SC1=S. The largest absolute Gasteiger partial charge is 0.493 e. The highest BCUT2D eigenvalue weighted by molar-refractivity contribution is 8.26. The van der Waals surface area contributed by atoms with Gasteiger partial charge in [0.1, 0.15) is 10.1 Å². The van der Waals surface area contributed by atoms with Crippen molar-refractivity contribution in [2.45, 2.75) is 27.2 Å². The zero-order valence-electron chi connectivity index (χ0n) is 18.3. The lowest BCUT2D eigenvalue weighted by Gasteiger charge is -2.13. The number of ether oxygens (including phenoxy) is 3. The molecule has 1 saturated heterocycles. The van der Waals surface area contributed by atoms with Gasteiger partial charge in [-0.1, -0.05) is 48.2 Å². The number of thiocarbonyl (C=S) groups is 1. The van der Waals surface area contributed by atoms with Crippen LogP contribution in [-0.4, -0.2) is 42.0 Å². The van der Waals surface area contributed by atoms with Crippen molar-refractivity contribution < 1.29 is 19.0 Å². The Morgan fingerprint density at radius 1 is 1.06 bits per heavy atom. The predicted octanol–water partition coefficient (Wildman–Crippen LogP) is 5.38. The molecule has 3 rings (SSSR count). The summed E-state index contributed by atoms with van der Waals surface area (Å²) in [5, 5.41) is 0. The minimum atomic E-state index is -0.0549. The molecule has 2 aromatic rings. The van der Waals surface area contributed by atoms with Gasteiger partial charge in [-0.2, -0.15) is 0 Å². The molecule has 1 amide bonds. The van der Waals surface area contributed by atoms with Crippen molar-refractivity contribution in [3.05, 3.63) is 58.0 Å². The van der Waals surface area contributed by atoms with E-state index >= 15 is 0 Å². The average Bonchev–Trinajstić information content (AvgIpc) is 3.02. The summed E-state index contributed by atoms with van der Waals surface area (Å²) in [5.41, 5.74) is 3.13. The fraction of sp³-hybridized carbons (Fsp3) is 0.333. The van der Waals surface area contributed by atoms with E-state index in [0.29, 0.717) is 40.5 Å². The summed E-state index contributed by atoms with van der Waals surface area (Å²) in [5.74, 6) is 2.17. The van der Waals surface area contributed by atoms with Gasteiger partial charge in [-0.25, -0.2) is 0 Å². The Labute approximate surface area is 193 Å². The van der Waals surface area contributed by atoms with Gasteiger partial charge in [0.15, 0.2) is 11.5 Å². The molecule has 1 aliphatic heterocycles. The van der Waals surface area contributed by atoms with E-state index < -0.39 is 0 Å². The van der Waals surface area contributed by atoms with Gasteiger partial charge in [-0.05, 0) is 55.7 Å². The molecule has 0 aromatic heterocycles. The van der Waals surface area contributed by atoms with Crippen molar-refractivity contribution in [3.63, 3.8) is 0 Å². The van der Waals surface area contributed by atoms with Crippen molar-refractivity contribution in [2.75, 3.05) is 26.9 Å². The van der Waals surface area contributed by atoms with Crippen LogP contribution in [0.15, 0.2) is 41.3 Å². The van der Waals surface area contributed by atoms with Crippen LogP contribution >= 0.6 is 24.0 Å². The predicted molar refractivity (Wildman–Crippen MR) is 130 cm³/mol. The topological polar surface area (TPSA) is 48.0 Å². The maximum atomic E-state index is 12.4. The Kier molecular flexibility index (Phi) is 7.98. The normalized spacial score (nSPS) is 15.0. The molecule has 1 heterocycles. The number of hydrogen-bond donors (Lipinski definition) is 0. The first kappa shape index (κ1) is 23.2. The second-order valence-electron chi connectivity index (χ2n) is 7.11. The Morgan fingerprint density at radius 2 is 1.77 bits per heavy atom. The Hall–Kier alpha value is -2.51. The first-order valence-corrected chi connectivity index (χ1v) is 11.4. The number of para-hydroxylation sites is 1. The second-order valence-corrected chi connectivity index (χ2v) is 8.78. The van der Waals surface area contributed by atoms with Gasteiger partial charge < -0.3 is 14.2 Å². The number of benzene rings is 2. The molecule has 1 fully saturated rings. The number of methoxy groups -OCH3 is 1. The molecular formula is C24H27NO4S2. The summed E-state index contributed by atoms with van der Waals surface area (Å²) >= 11 is 6.59. The molecule has 164 valence electrons. The van der Waals surface area contributed by atoms with E-state index in [1.165, 1.54) is 11.8 Å². The number of carbonyl (C=O) groups is 1. The minimum absolute atomic E-state index is 0.0549. The molecule has 0 N–H and O–H groups in total. The minimum Gasteiger partial charge on any atom is -0.493 e. The van der Waals surface area contributed by atoms with Crippen molar-refractivity contribution in [3.8, 4) is 17.2 Å². The van der Waals surface area contributed by atoms with Crippen molar-refractivity contribution in [1.82, 2.24) is 4.90 Å². The summed E-state index contributed by atoms with van der Waals surface area (Å²) in [7, 11) is 1.60. The molecule has 1 aliphatic rings. The lowest BCUT2D eigenvalue weighted by atomic mass is 10.1. The maximum Gasteiger partial charge on any atom is 0.266 e. The van der Waals surface area contributed by atoms with E-state index in [0.717, 1.165) is 28.9 Å². The van der Waals surface area contributed by atoms with Gasteiger partial charge in [0.25, 0.3) is 5.91 Å². The van der Waals surface area contributed by atoms with Crippen LogP contribution in [0.4, 0.5) is 0 Å². The lowest BCUT2D eigenvalue weighted by molar-refractivity contribution is -0.121. The quantitative estimate of drug-likeness (QED) is 0.286. The van der Waals surface area contributed by atoms with Crippen molar-refractivity contribution in [2.24, 2.45) is 0 Å². The molecule has 0 bridgehead atoms. The summed E-state index contributed by atoms with van der Waals surface area (Å²) in [6.45, 7) is 7.67. The highest BCUT2D eigenvalue weighted by Crippen LogP contribution is 2.34. The molecule has 2 aromatic carbocycles. The number of carbonyl (C=O) groups excluding carboxylic acids is 1. The summed E-state index contributed by atoms with van der Waals surface area (Å²) in [6.07, 6.45) is 2.58. The molecule has 0 atom stereocenters. The third-order valence-corrected chi connectivity index (χ3v) is 6.25. The van der Waals surface area contributed by atoms with E-state index in [1.807, 2.05) is 63.2 Å². The van der Waals surface area contributed by atoms with E-state index in [4.69, 9.17) is 26.4 Å². The number of likely N-dealkylation sites (N-methyl/N-ethyl adjacent to an activating group) is 1. The molecule has 0 unspecified atom stereocenters. The van der Waals surface area contributed by atoms with Gasteiger partial charge in [0, 0.05) is 13.0 Å². The van der Waals surface area contributed by atoms with E-state index in [2.05, 4.69) is 0 Å². The number of nitrogens with zero attached hydrogens (tertiary/aromatic N) is 1. The smallest absolute Gasteiger partial charge is 0.266 e. The number of amides is 1. The van der Waals surface area contributed by atoms with Crippen LogP contribution in [0.5, 0.6) is 17.2 Å². The first-order chi connectivity index (χ1) is 14.9. The molecule has 0 aliphatic carbocycles. The highest BCUT2D eigenvalue weighted by Gasteiger charge is 2.30. The standard InChI is InChI=1S/C24H27NO4S2/c1-5-25-23(26)21(31-24(25)30)15-18-10-11-19(20(14-18)27-4)28-12-7-13-29-22-16(2)8-6-9-17(22)3/h6,8-11,14-15H,5,7,12-13H2,1-4H3/b21-15-. The number of rotatable bonds is 9. The number of aryl methyl sites for hydroxylation is 2. The monoisotopic (exact) mass is 457 g/mol. The summed E-state index contributed by atoms with van der Waals surface area (Å²) in [4.78, 5) is 14.6. The van der Waals surface area contributed by atoms with Crippen LogP contribution in [0, 0.1) is 13.8 Å². The second kappa shape index (κ2) is 10.7. The Bertz CT molecular complexity index is 983. The van der Waals surface area contributed by atoms with E-state index in [1.54, 1.807) is 12.0 Å². The third-order valence-electron chi connectivity index (χ3n) is 4.88. The fourth-order valence-electron chi connectivity index (χ4n) is 3.26. The van der Waals surface area contributed by atoms with Crippen LogP contribution < -0.4 is 14.2 Å². The molecular weight excluding hydrogens is 430 g/mol. The maximum absolute atomic E-state index is 12.4. The third kappa shape index (κ3) is 5.60. The van der Waals surface area contributed by atoms with E-state index in [9.17, 15) is 4.79 Å². The van der Waals surface area contributed by atoms with Gasteiger partial charge >= 0.3 is 0 Å². The Morgan fingerprint density at radius 3 is 2.42 bits per heavy atom. The number of hydrogen-bond acceptors (Lipinski definition) is 6. The molecule has 5 nitrogen and oxygen atoms in total. The first-order valence-electron chi connectivity index (χ1n) is 10.2. The van der Waals surface area contributed by atoms with Gasteiger partial charge in [0.05, 0.1) is 25.2 Å². The average molecular weight is 458 g/mol. The van der Waals surface area contributed by atoms with Crippen molar-refractivity contribution in [1.29, 1.82) is 0 Å². The molecule has 0 saturated carbocycles. The van der Waals surface area contributed by atoms with Crippen LogP contribution in [0.1, 0.15) is 30.0 Å². The van der Waals surface area contributed by atoms with Crippen LogP contribution in [0.3, 0.4) is 0 Å². The summed E-state index contributed by atoms with van der Waals surface area (Å²) in [6, 6.07) is 11.8. The molecule has 7 heteroatoms. The van der Waals surface area contributed by atoms with Gasteiger partial charge in [-0.3, -0.25) is 9.69 Å². The highest BCUT2D eigenvalue weighted by atomic mass is 32.2. The van der Waals surface area contributed by atoms with Crippen LogP contribution in [0.2, 0.25) is 0 Å². The fourth-order valence-corrected chi connectivity index (χ4v) is 4.64. The van der Waals surface area contributed by atoms with Crippen LogP contribution in [-0.2, 0) is 4.79 Å². The van der Waals surface area contributed by atoms with Crippen LogP contribution in [0.25, 0.3) is 6.08 Å². The number of thioether (sulfide) groups is 1. The zero-order chi connectivity index (χ0) is 22.4.